The summed E-state index contributed by atoms with van der Waals surface area (Å²) in [6, 6.07) is 0. The van der Waals surface area contributed by atoms with Gasteiger partial charge in [-0.05, 0) is 13.8 Å². The highest BCUT2D eigenvalue weighted by molar-refractivity contribution is 6.31. The van der Waals surface area contributed by atoms with Gasteiger partial charge in [0.15, 0.2) is 5.69 Å². The van der Waals surface area contributed by atoms with Crippen LogP contribution in [0.3, 0.4) is 0 Å². The molecule has 0 aliphatic heterocycles. The fourth-order valence-electron chi connectivity index (χ4n) is 1.85. The molecule has 0 aliphatic carbocycles. The number of aryl methyl sites for hydroxylation is 2. The van der Waals surface area contributed by atoms with Crippen LogP contribution in [0, 0.1) is 13.8 Å². The highest BCUT2D eigenvalue weighted by atomic mass is 35.5. The summed E-state index contributed by atoms with van der Waals surface area (Å²) in [6.45, 7) is 3.34. The van der Waals surface area contributed by atoms with Crippen molar-refractivity contribution in [3.8, 4) is 0 Å². The molecule has 0 spiro atoms. The molecule has 1 amide bonds. The third-order valence-corrected chi connectivity index (χ3v) is 3.45. The molecule has 0 atom stereocenters. The molecule has 0 aromatic carbocycles. The van der Waals surface area contributed by atoms with E-state index in [1.807, 2.05) is 0 Å². The molecule has 0 bridgehead atoms. The molecular formula is C12H13ClF3N5O. The molecule has 0 saturated heterocycles. The second-order valence-corrected chi connectivity index (χ2v) is 5.08. The van der Waals surface area contributed by atoms with Gasteiger partial charge in [0.25, 0.3) is 0 Å². The van der Waals surface area contributed by atoms with E-state index in [9.17, 15) is 18.0 Å². The van der Waals surface area contributed by atoms with Gasteiger partial charge in [-0.15, -0.1) is 0 Å². The van der Waals surface area contributed by atoms with E-state index in [1.54, 1.807) is 6.92 Å². The average Bonchev–Trinajstić information content (AvgIpc) is 2.93. The van der Waals surface area contributed by atoms with Crippen LogP contribution in [0.15, 0.2) is 6.20 Å². The number of alkyl halides is 3. The lowest BCUT2D eigenvalue weighted by Gasteiger charge is -2.09. The monoisotopic (exact) mass is 335 g/mol. The van der Waals surface area contributed by atoms with Crippen LogP contribution in [-0.2, 0) is 17.5 Å². The number of aromatic amines is 1. The van der Waals surface area contributed by atoms with Gasteiger partial charge in [0, 0.05) is 6.42 Å². The Labute approximate surface area is 128 Å². The summed E-state index contributed by atoms with van der Waals surface area (Å²) in [6.07, 6.45) is -3.24. The maximum absolute atomic E-state index is 12.8. The van der Waals surface area contributed by atoms with Gasteiger partial charge in [-0.1, -0.05) is 11.6 Å². The number of halogens is 4. The average molecular weight is 336 g/mol. The molecule has 6 nitrogen and oxygen atoms in total. The first-order valence-corrected chi connectivity index (χ1v) is 6.68. The van der Waals surface area contributed by atoms with Gasteiger partial charge in [0.2, 0.25) is 5.91 Å². The first kappa shape index (κ1) is 16.3. The highest BCUT2D eigenvalue weighted by Crippen LogP contribution is 2.34. The number of amides is 1. The van der Waals surface area contributed by atoms with Crippen LogP contribution >= 0.6 is 11.6 Å². The maximum Gasteiger partial charge on any atom is 0.437 e. The van der Waals surface area contributed by atoms with Crippen LogP contribution in [0.5, 0.6) is 0 Å². The Bertz CT molecular complexity index is 691. The van der Waals surface area contributed by atoms with Crippen molar-refractivity contribution < 1.29 is 18.0 Å². The van der Waals surface area contributed by atoms with E-state index in [2.05, 4.69) is 20.6 Å². The van der Waals surface area contributed by atoms with E-state index >= 15 is 0 Å². The lowest BCUT2D eigenvalue weighted by molar-refractivity contribution is -0.140. The zero-order valence-corrected chi connectivity index (χ0v) is 12.5. The van der Waals surface area contributed by atoms with Crippen LogP contribution in [-0.4, -0.2) is 25.9 Å². The zero-order chi connectivity index (χ0) is 16.5. The van der Waals surface area contributed by atoms with Crippen molar-refractivity contribution in [2.45, 2.75) is 33.0 Å². The molecule has 10 heteroatoms. The van der Waals surface area contributed by atoms with Gasteiger partial charge >= 0.3 is 6.18 Å². The maximum atomic E-state index is 12.8. The number of hydrogen-bond donors (Lipinski definition) is 2. The van der Waals surface area contributed by atoms with Gasteiger partial charge in [-0.25, -0.2) is 0 Å². The summed E-state index contributed by atoms with van der Waals surface area (Å²) in [7, 11) is 0. The van der Waals surface area contributed by atoms with Gasteiger partial charge in [-0.2, -0.15) is 23.4 Å². The predicted molar refractivity (Wildman–Crippen MR) is 73.5 cm³/mol. The number of nitrogens with zero attached hydrogens (tertiary/aromatic N) is 3. The minimum Gasteiger partial charge on any atom is -0.323 e. The summed E-state index contributed by atoms with van der Waals surface area (Å²) in [5.41, 5.74) is -0.673. The van der Waals surface area contributed by atoms with Crippen LogP contribution in [0.25, 0.3) is 0 Å². The van der Waals surface area contributed by atoms with E-state index in [0.29, 0.717) is 10.7 Å². The molecule has 0 radical (unpaired) electrons. The van der Waals surface area contributed by atoms with Gasteiger partial charge < -0.3 is 5.32 Å². The predicted octanol–water partition coefficient (Wildman–Crippen LogP) is 2.92. The molecule has 2 heterocycles. The van der Waals surface area contributed by atoms with Gasteiger partial charge in [0.05, 0.1) is 34.8 Å². The van der Waals surface area contributed by atoms with Crippen LogP contribution < -0.4 is 5.32 Å². The summed E-state index contributed by atoms with van der Waals surface area (Å²) in [4.78, 5) is 11.8. The van der Waals surface area contributed by atoms with Crippen molar-refractivity contribution in [2.75, 3.05) is 5.32 Å². The van der Waals surface area contributed by atoms with Crippen molar-refractivity contribution in [1.29, 1.82) is 0 Å². The Morgan fingerprint density at radius 1 is 1.45 bits per heavy atom. The summed E-state index contributed by atoms with van der Waals surface area (Å²) in [5.74, 6) is -0.568. The van der Waals surface area contributed by atoms with Crippen molar-refractivity contribution in [2.24, 2.45) is 0 Å². The van der Waals surface area contributed by atoms with Crippen LogP contribution in [0.1, 0.15) is 23.5 Å². The second-order valence-electron chi connectivity index (χ2n) is 4.67. The smallest absolute Gasteiger partial charge is 0.323 e. The Balaban J connectivity index is 2.04. The number of carbonyl (C=O) groups is 1. The Morgan fingerprint density at radius 2 is 2.14 bits per heavy atom. The third-order valence-electron chi connectivity index (χ3n) is 3.07. The van der Waals surface area contributed by atoms with Gasteiger partial charge in [0.1, 0.15) is 0 Å². The normalized spacial score (nSPS) is 11.7. The topological polar surface area (TPSA) is 75.6 Å². The van der Waals surface area contributed by atoms with Crippen molar-refractivity contribution in [3.05, 3.63) is 28.3 Å². The largest absolute Gasteiger partial charge is 0.437 e. The molecular weight excluding hydrogens is 323 g/mol. The van der Waals surface area contributed by atoms with E-state index in [0.717, 1.165) is 0 Å². The molecule has 0 saturated carbocycles. The van der Waals surface area contributed by atoms with Crippen molar-refractivity contribution in [1.82, 2.24) is 20.0 Å². The minimum absolute atomic E-state index is 0.0409. The van der Waals surface area contributed by atoms with E-state index in [-0.39, 0.29) is 24.3 Å². The van der Waals surface area contributed by atoms with E-state index in [1.165, 1.54) is 17.8 Å². The first-order chi connectivity index (χ1) is 10.2. The number of nitrogens with one attached hydrogen (secondary N) is 2. The Hall–Kier alpha value is -2.03. The molecule has 2 aromatic heterocycles. The van der Waals surface area contributed by atoms with E-state index in [4.69, 9.17) is 11.6 Å². The Morgan fingerprint density at radius 3 is 2.68 bits per heavy atom. The van der Waals surface area contributed by atoms with Crippen molar-refractivity contribution in [3.63, 3.8) is 0 Å². The molecule has 0 unspecified atom stereocenters. The highest BCUT2D eigenvalue weighted by Gasteiger charge is 2.38. The van der Waals surface area contributed by atoms with E-state index < -0.39 is 17.8 Å². The minimum atomic E-state index is -4.64. The van der Waals surface area contributed by atoms with Crippen LogP contribution in [0.2, 0.25) is 5.02 Å². The summed E-state index contributed by atoms with van der Waals surface area (Å²) in [5, 5.41) is 12.1. The number of anilines is 1. The standard InChI is InChI=1S/C12H13ClF3N5O/c1-6-10(11(20-19-6)12(14,15)16)18-9(22)3-4-21-7(2)8(13)5-17-21/h5H,3-4H2,1-2H3,(H,18,22)(H,19,20). The number of H-pyrrole nitrogens is 1. The second kappa shape index (κ2) is 5.99. The van der Waals surface area contributed by atoms with Crippen molar-refractivity contribution >= 4 is 23.2 Å². The fourth-order valence-corrected chi connectivity index (χ4v) is 1.99. The lowest BCUT2D eigenvalue weighted by Crippen LogP contribution is -2.18. The molecule has 2 N–H and O–H groups in total. The SMILES string of the molecule is Cc1[nH]nc(C(F)(F)F)c1NC(=O)CCn1ncc(Cl)c1C. The zero-order valence-electron chi connectivity index (χ0n) is 11.8. The summed E-state index contributed by atoms with van der Waals surface area (Å²) >= 11 is 5.83. The Kier molecular flexibility index (Phi) is 4.45. The number of rotatable bonds is 4. The summed E-state index contributed by atoms with van der Waals surface area (Å²) < 4.78 is 39.8. The number of carbonyl (C=O) groups excluding carboxylic acids is 1. The molecule has 0 fully saturated rings. The van der Waals surface area contributed by atoms with Crippen LogP contribution in [0.4, 0.5) is 18.9 Å². The lowest BCUT2D eigenvalue weighted by atomic mass is 10.2. The number of hydrogen-bond acceptors (Lipinski definition) is 3. The first-order valence-electron chi connectivity index (χ1n) is 6.30. The number of aromatic nitrogens is 4. The molecule has 2 rings (SSSR count). The third kappa shape index (κ3) is 3.41. The van der Waals surface area contributed by atoms with Gasteiger partial charge in [-0.3, -0.25) is 14.6 Å². The quantitative estimate of drug-likeness (QED) is 0.902. The molecule has 22 heavy (non-hydrogen) atoms. The fraction of sp³-hybridized carbons (Fsp3) is 0.417. The molecule has 120 valence electrons. The molecule has 0 aliphatic rings. The molecule has 2 aromatic rings.